The van der Waals surface area contributed by atoms with E-state index in [0.717, 1.165) is 0 Å². The number of piperidine rings is 1. The average Bonchev–Trinajstić information content (AvgIpc) is 2.74. The number of amides is 2. The SMILES string of the molecule is COc1ccc(S(=O)(=O)N2CCC[C@H](C(=O)Nc3ccccc3C(N)=O)C2)cc1. The van der Waals surface area contributed by atoms with Crippen LogP contribution in [0.2, 0.25) is 0 Å². The predicted molar refractivity (Wildman–Crippen MR) is 108 cm³/mol. The molecule has 2 amide bonds. The molecule has 0 unspecified atom stereocenters. The van der Waals surface area contributed by atoms with E-state index < -0.39 is 21.8 Å². The van der Waals surface area contributed by atoms with Crippen LogP contribution in [0.25, 0.3) is 0 Å². The Bertz CT molecular complexity index is 1010. The van der Waals surface area contributed by atoms with Crippen molar-refractivity contribution in [3.63, 3.8) is 0 Å². The third-order valence-electron chi connectivity index (χ3n) is 4.90. The van der Waals surface area contributed by atoms with Crippen LogP contribution in [0, 0.1) is 5.92 Å². The minimum Gasteiger partial charge on any atom is -0.497 e. The Labute approximate surface area is 169 Å². The first kappa shape index (κ1) is 20.8. The zero-order chi connectivity index (χ0) is 21.0. The van der Waals surface area contributed by atoms with Crippen LogP contribution in [-0.4, -0.2) is 44.7 Å². The number of hydrogen-bond acceptors (Lipinski definition) is 5. The van der Waals surface area contributed by atoms with Gasteiger partial charge < -0.3 is 15.8 Å². The number of rotatable bonds is 6. The van der Waals surface area contributed by atoms with E-state index in [1.807, 2.05) is 0 Å². The Morgan fingerprint density at radius 1 is 1.14 bits per heavy atom. The standard InChI is InChI=1S/C20H23N3O5S/c1-28-15-8-10-16(11-9-15)29(26,27)23-12-4-5-14(13-23)20(25)22-18-7-3-2-6-17(18)19(21)24/h2-3,6-11,14H,4-5,12-13H2,1H3,(H2,21,24)(H,22,25)/t14-/m0/s1. The smallest absolute Gasteiger partial charge is 0.250 e. The summed E-state index contributed by atoms with van der Waals surface area (Å²) >= 11 is 0. The summed E-state index contributed by atoms with van der Waals surface area (Å²) in [6, 6.07) is 12.6. The lowest BCUT2D eigenvalue weighted by Crippen LogP contribution is -2.43. The molecule has 3 rings (SSSR count). The van der Waals surface area contributed by atoms with Gasteiger partial charge in [-0.2, -0.15) is 4.31 Å². The van der Waals surface area contributed by atoms with Crippen molar-refractivity contribution in [1.29, 1.82) is 0 Å². The molecule has 0 aliphatic carbocycles. The molecule has 0 saturated carbocycles. The number of ether oxygens (including phenoxy) is 1. The number of benzene rings is 2. The van der Waals surface area contributed by atoms with Crippen LogP contribution in [0.5, 0.6) is 5.75 Å². The minimum absolute atomic E-state index is 0.0684. The highest BCUT2D eigenvalue weighted by atomic mass is 32.2. The van der Waals surface area contributed by atoms with E-state index in [1.165, 1.54) is 29.6 Å². The van der Waals surface area contributed by atoms with Gasteiger partial charge in [0.2, 0.25) is 15.9 Å². The van der Waals surface area contributed by atoms with Crippen LogP contribution in [0.1, 0.15) is 23.2 Å². The maximum atomic E-state index is 12.9. The molecular weight excluding hydrogens is 394 g/mol. The van der Waals surface area contributed by atoms with Crippen molar-refractivity contribution in [2.45, 2.75) is 17.7 Å². The summed E-state index contributed by atoms with van der Waals surface area (Å²) in [5.74, 6) is -0.952. The number of methoxy groups -OCH3 is 1. The molecule has 2 aromatic rings. The lowest BCUT2D eigenvalue weighted by molar-refractivity contribution is -0.120. The molecule has 0 bridgehead atoms. The topological polar surface area (TPSA) is 119 Å². The Kier molecular flexibility index (Phi) is 6.19. The van der Waals surface area contributed by atoms with Crippen LogP contribution in [0.15, 0.2) is 53.4 Å². The van der Waals surface area contributed by atoms with Crippen molar-refractivity contribution in [3.8, 4) is 5.75 Å². The van der Waals surface area contributed by atoms with Crippen molar-refractivity contribution in [3.05, 3.63) is 54.1 Å². The molecule has 0 spiro atoms. The van der Waals surface area contributed by atoms with Gasteiger partial charge in [0.1, 0.15) is 5.75 Å². The zero-order valence-electron chi connectivity index (χ0n) is 16.0. The molecule has 2 aromatic carbocycles. The Hall–Kier alpha value is -2.91. The largest absolute Gasteiger partial charge is 0.497 e. The summed E-state index contributed by atoms with van der Waals surface area (Å²) in [6.45, 7) is 0.412. The molecule has 1 atom stereocenters. The number of primary amides is 1. The Morgan fingerprint density at radius 2 is 1.83 bits per heavy atom. The summed E-state index contributed by atoms with van der Waals surface area (Å²) in [7, 11) is -2.22. The number of hydrogen-bond donors (Lipinski definition) is 2. The molecule has 29 heavy (non-hydrogen) atoms. The van der Waals surface area contributed by atoms with E-state index in [2.05, 4.69) is 5.32 Å². The Morgan fingerprint density at radius 3 is 2.48 bits per heavy atom. The second-order valence-corrected chi connectivity index (χ2v) is 8.71. The third kappa shape index (κ3) is 4.57. The first-order valence-electron chi connectivity index (χ1n) is 9.17. The molecule has 1 saturated heterocycles. The van der Waals surface area contributed by atoms with Gasteiger partial charge >= 0.3 is 0 Å². The summed E-state index contributed by atoms with van der Waals surface area (Å²) in [5.41, 5.74) is 5.87. The minimum atomic E-state index is -3.72. The molecule has 0 radical (unpaired) electrons. The lowest BCUT2D eigenvalue weighted by atomic mass is 9.98. The number of nitrogens with one attached hydrogen (secondary N) is 1. The molecule has 3 N–H and O–H groups in total. The van der Waals surface area contributed by atoms with Crippen LogP contribution < -0.4 is 15.8 Å². The van der Waals surface area contributed by atoms with Crippen molar-refractivity contribution in [2.24, 2.45) is 11.7 Å². The molecule has 1 aliphatic heterocycles. The second-order valence-electron chi connectivity index (χ2n) is 6.78. The van der Waals surface area contributed by atoms with E-state index in [9.17, 15) is 18.0 Å². The van der Waals surface area contributed by atoms with E-state index in [4.69, 9.17) is 10.5 Å². The fraction of sp³-hybridized carbons (Fsp3) is 0.300. The molecule has 9 heteroatoms. The predicted octanol–water partition coefficient (Wildman–Crippen LogP) is 1.83. The number of carbonyl (C=O) groups is 2. The second kappa shape index (κ2) is 8.62. The molecule has 154 valence electrons. The number of para-hydroxylation sites is 1. The lowest BCUT2D eigenvalue weighted by Gasteiger charge is -2.31. The van der Waals surface area contributed by atoms with Crippen molar-refractivity contribution >= 4 is 27.5 Å². The number of sulfonamides is 1. The fourth-order valence-electron chi connectivity index (χ4n) is 3.31. The maximum absolute atomic E-state index is 12.9. The third-order valence-corrected chi connectivity index (χ3v) is 6.78. The van der Waals surface area contributed by atoms with Gasteiger partial charge in [0.15, 0.2) is 0 Å². The van der Waals surface area contributed by atoms with E-state index in [0.29, 0.717) is 30.8 Å². The van der Waals surface area contributed by atoms with Gasteiger partial charge in [-0.25, -0.2) is 8.42 Å². The van der Waals surface area contributed by atoms with E-state index in [-0.39, 0.29) is 22.9 Å². The van der Waals surface area contributed by atoms with Gasteiger partial charge in [-0.1, -0.05) is 12.1 Å². The molecule has 1 fully saturated rings. The van der Waals surface area contributed by atoms with Crippen molar-refractivity contribution in [2.75, 3.05) is 25.5 Å². The van der Waals surface area contributed by atoms with Crippen LogP contribution in [0.4, 0.5) is 5.69 Å². The summed E-state index contributed by atoms with van der Waals surface area (Å²) in [5, 5.41) is 2.71. The molecule has 1 aliphatic rings. The van der Waals surface area contributed by atoms with Crippen molar-refractivity contribution in [1.82, 2.24) is 4.31 Å². The molecule has 8 nitrogen and oxygen atoms in total. The number of carbonyl (C=O) groups excluding carboxylic acids is 2. The van der Waals surface area contributed by atoms with Crippen LogP contribution in [0.3, 0.4) is 0 Å². The van der Waals surface area contributed by atoms with Crippen LogP contribution in [-0.2, 0) is 14.8 Å². The average molecular weight is 417 g/mol. The van der Waals surface area contributed by atoms with E-state index in [1.54, 1.807) is 30.3 Å². The zero-order valence-corrected chi connectivity index (χ0v) is 16.8. The molecule has 0 aromatic heterocycles. The maximum Gasteiger partial charge on any atom is 0.250 e. The van der Waals surface area contributed by atoms with Gasteiger partial charge in [0, 0.05) is 13.1 Å². The van der Waals surface area contributed by atoms with E-state index >= 15 is 0 Å². The highest BCUT2D eigenvalue weighted by molar-refractivity contribution is 7.89. The highest BCUT2D eigenvalue weighted by Gasteiger charge is 2.33. The Balaban J connectivity index is 1.74. The normalized spacial score (nSPS) is 17.5. The van der Waals surface area contributed by atoms with Crippen LogP contribution >= 0.6 is 0 Å². The first-order valence-corrected chi connectivity index (χ1v) is 10.6. The molecular formula is C20H23N3O5S. The van der Waals surface area contributed by atoms with Crippen molar-refractivity contribution < 1.29 is 22.7 Å². The monoisotopic (exact) mass is 417 g/mol. The van der Waals surface area contributed by atoms with Gasteiger partial charge in [0.25, 0.3) is 5.91 Å². The highest BCUT2D eigenvalue weighted by Crippen LogP contribution is 2.26. The molecule has 1 heterocycles. The number of nitrogens with zero attached hydrogens (tertiary/aromatic N) is 1. The summed E-state index contributed by atoms with van der Waals surface area (Å²) < 4.78 is 32.3. The van der Waals surface area contributed by atoms with Gasteiger partial charge in [0.05, 0.1) is 29.2 Å². The quantitative estimate of drug-likeness (QED) is 0.743. The number of nitrogens with two attached hydrogens (primary N) is 1. The summed E-state index contributed by atoms with van der Waals surface area (Å²) in [6.07, 6.45) is 1.12. The first-order chi connectivity index (χ1) is 13.8. The number of anilines is 1. The van der Waals surface area contributed by atoms with Gasteiger partial charge in [-0.15, -0.1) is 0 Å². The fourth-order valence-corrected chi connectivity index (χ4v) is 4.84. The van der Waals surface area contributed by atoms with Gasteiger partial charge in [-0.3, -0.25) is 9.59 Å². The van der Waals surface area contributed by atoms with Gasteiger partial charge in [-0.05, 0) is 49.2 Å². The summed E-state index contributed by atoms with van der Waals surface area (Å²) in [4.78, 5) is 24.4.